The van der Waals surface area contributed by atoms with Crippen LogP contribution in [0.3, 0.4) is 0 Å². The van der Waals surface area contributed by atoms with E-state index in [1.165, 1.54) is 0 Å². The number of fused-ring (bicyclic) bond motifs is 1. The molecule has 1 aliphatic heterocycles. The lowest BCUT2D eigenvalue weighted by molar-refractivity contribution is 0.161. The van der Waals surface area contributed by atoms with E-state index in [0.717, 1.165) is 32.2 Å². The molecular weight excluding hydrogens is 370 g/mol. The van der Waals surface area contributed by atoms with Crippen molar-refractivity contribution < 1.29 is 4.74 Å². The summed E-state index contributed by atoms with van der Waals surface area (Å²) in [6, 6.07) is 14.2. The molecule has 0 saturated carbocycles. The summed E-state index contributed by atoms with van der Waals surface area (Å²) in [6.07, 6.45) is 0.805. The minimum Gasteiger partial charge on any atom is -0.485 e. The minimum absolute atomic E-state index is 0.00861. The van der Waals surface area contributed by atoms with Gasteiger partial charge >= 0.3 is 0 Å². The second-order valence-electron chi connectivity index (χ2n) is 4.66. The predicted molar refractivity (Wildman–Crippen MR) is 83.2 cm³/mol. The topological polar surface area (TPSA) is 35.2 Å². The number of benzene rings is 2. The van der Waals surface area contributed by atoms with Gasteiger partial charge < -0.3 is 10.5 Å². The molecular formula is C15H13Br2NO. The lowest BCUT2D eigenvalue weighted by Gasteiger charge is -2.30. The van der Waals surface area contributed by atoms with E-state index in [9.17, 15) is 0 Å². The SMILES string of the molecule is N[C@@H]1CC(c2ccc(Br)c(Br)c2)Oc2ccccc21. The van der Waals surface area contributed by atoms with Crippen LogP contribution < -0.4 is 10.5 Å². The summed E-state index contributed by atoms with van der Waals surface area (Å²) in [6.45, 7) is 0. The van der Waals surface area contributed by atoms with Crippen molar-refractivity contribution in [3.8, 4) is 5.75 Å². The summed E-state index contributed by atoms with van der Waals surface area (Å²) in [7, 11) is 0. The monoisotopic (exact) mass is 381 g/mol. The predicted octanol–water partition coefficient (Wildman–Crippen LogP) is 4.74. The van der Waals surface area contributed by atoms with Gasteiger partial charge in [0.25, 0.3) is 0 Å². The first-order valence-corrected chi connectivity index (χ1v) is 7.70. The largest absolute Gasteiger partial charge is 0.485 e. The number of hydrogen-bond donors (Lipinski definition) is 1. The molecule has 1 unspecified atom stereocenters. The van der Waals surface area contributed by atoms with Crippen molar-refractivity contribution in [2.24, 2.45) is 5.73 Å². The van der Waals surface area contributed by atoms with Crippen LogP contribution in [0.2, 0.25) is 0 Å². The third-order valence-corrected chi connectivity index (χ3v) is 5.25. The minimum atomic E-state index is 0.00861. The first-order chi connectivity index (χ1) is 9.15. The number of rotatable bonds is 1. The van der Waals surface area contributed by atoms with E-state index in [0.29, 0.717) is 0 Å². The second-order valence-corrected chi connectivity index (χ2v) is 6.37. The molecule has 0 saturated heterocycles. The zero-order chi connectivity index (χ0) is 13.4. The van der Waals surface area contributed by atoms with E-state index in [-0.39, 0.29) is 12.1 Å². The Kier molecular flexibility index (Phi) is 3.65. The lowest BCUT2D eigenvalue weighted by Crippen LogP contribution is -2.24. The van der Waals surface area contributed by atoms with Crippen LogP contribution in [0.15, 0.2) is 51.4 Å². The van der Waals surface area contributed by atoms with Crippen molar-refractivity contribution in [2.45, 2.75) is 18.6 Å². The van der Waals surface area contributed by atoms with Crippen LogP contribution in [0.1, 0.15) is 29.7 Å². The van der Waals surface area contributed by atoms with E-state index in [1.54, 1.807) is 0 Å². The number of nitrogens with two attached hydrogens (primary N) is 1. The highest BCUT2D eigenvalue weighted by Crippen LogP contribution is 2.40. The number of hydrogen-bond acceptors (Lipinski definition) is 2. The molecule has 0 aromatic heterocycles. The van der Waals surface area contributed by atoms with E-state index >= 15 is 0 Å². The maximum atomic E-state index is 6.24. The van der Waals surface area contributed by atoms with E-state index < -0.39 is 0 Å². The van der Waals surface area contributed by atoms with E-state index in [4.69, 9.17) is 10.5 Å². The van der Waals surface area contributed by atoms with Crippen molar-refractivity contribution in [3.05, 3.63) is 62.5 Å². The van der Waals surface area contributed by atoms with Crippen LogP contribution in [0.5, 0.6) is 5.75 Å². The van der Waals surface area contributed by atoms with Gasteiger partial charge in [0.1, 0.15) is 11.9 Å². The fraction of sp³-hybridized carbons (Fsp3) is 0.200. The summed E-state index contributed by atoms with van der Waals surface area (Å²) in [5.41, 5.74) is 8.47. The third-order valence-electron chi connectivity index (χ3n) is 3.37. The highest BCUT2D eigenvalue weighted by Gasteiger charge is 2.26. The summed E-state index contributed by atoms with van der Waals surface area (Å²) >= 11 is 7.00. The molecule has 19 heavy (non-hydrogen) atoms. The van der Waals surface area contributed by atoms with Gasteiger partial charge in [-0.3, -0.25) is 0 Å². The average Bonchev–Trinajstić information content (AvgIpc) is 2.42. The molecule has 2 aromatic rings. The normalized spacial score (nSPS) is 21.6. The van der Waals surface area contributed by atoms with Gasteiger partial charge in [0, 0.05) is 27.0 Å². The van der Waals surface area contributed by atoms with Gasteiger partial charge in [-0.05, 0) is 55.6 Å². The van der Waals surface area contributed by atoms with E-state index in [2.05, 4.69) is 44.0 Å². The fourth-order valence-electron chi connectivity index (χ4n) is 2.37. The van der Waals surface area contributed by atoms with E-state index in [1.807, 2.05) is 30.3 Å². The Morgan fingerprint density at radius 3 is 2.63 bits per heavy atom. The van der Waals surface area contributed by atoms with Crippen molar-refractivity contribution in [1.82, 2.24) is 0 Å². The Balaban J connectivity index is 1.94. The molecule has 98 valence electrons. The van der Waals surface area contributed by atoms with Gasteiger partial charge in [-0.1, -0.05) is 24.3 Å². The molecule has 0 amide bonds. The smallest absolute Gasteiger partial charge is 0.126 e. The highest BCUT2D eigenvalue weighted by molar-refractivity contribution is 9.13. The van der Waals surface area contributed by atoms with Crippen LogP contribution >= 0.6 is 31.9 Å². The first-order valence-electron chi connectivity index (χ1n) is 6.11. The number of ether oxygens (including phenoxy) is 1. The number of para-hydroxylation sites is 1. The summed E-state index contributed by atoms with van der Waals surface area (Å²) < 4.78 is 8.13. The Labute approximate surface area is 129 Å². The zero-order valence-electron chi connectivity index (χ0n) is 10.1. The molecule has 3 rings (SSSR count). The summed E-state index contributed by atoms with van der Waals surface area (Å²) in [4.78, 5) is 0. The van der Waals surface area contributed by atoms with Crippen molar-refractivity contribution in [2.75, 3.05) is 0 Å². The van der Waals surface area contributed by atoms with Crippen molar-refractivity contribution >= 4 is 31.9 Å². The van der Waals surface area contributed by atoms with Gasteiger partial charge in [-0.2, -0.15) is 0 Å². The quantitative estimate of drug-likeness (QED) is 0.773. The Morgan fingerprint density at radius 2 is 1.84 bits per heavy atom. The standard InChI is InChI=1S/C15H13Br2NO/c16-11-6-5-9(7-12(11)17)15-8-13(18)10-3-1-2-4-14(10)19-15/h1-7,13,15H,8,18H2/t13-,15?/m1/s1. The molecule has 1 aliphatic rings. The molecule has 0 radical (unpaired) electrons. The van der Waals surface area contributed by atoms with Crippen LogP contribution in [0, 0.1) is 0 Å². The molecule has 4 heteroatoms. The number of halogens is 2. The molecule has 2 aromatic carbocycles. The van der Waals surface area contributed by atoms with Crippen LogP contribution in [-0.4, -0.2) is 0 Å². The van der Waals surface area contributed by atoms with Crippen LogP contribution in [0.4, 0.5) is 0 Å². The Hall–Kier alpha value is -0.840. The molecule has 2 atom stereocenters. The molecule has 1 heterocycles. The molecule has 0 aliphatic carbocycles. The van der Waals surface area contributed by atoms with Gasteiger partial charge in [0.15, 0.2) is 0 Å². The summed E-state index contributed by atoms with van der Waals surface area (Å²) in [5, 5.41) is 0. The first kappa shape index (κ1) is 13.2. The molecule has 2 nitrogen and oxygen atoms in total. The average molecular weight is 383 g/mol. The molecule has 0 spiro atoms. The second kappa shape index (κ2) is 5.27. The summed E-state index contributed by atoms with van der Waals surface area (Å²) in [5.74, 6) is 0.894. The molecule has 0 bridgehead atoms. The van der Waals surface area contributed by atoms with Crippen LogP contribution in [0.25, 0.3) is 0 Å². The van der Waals surface area contributed by atoms with Gasteiger partial charge in [0.05, 0.1) is 0 Å². The zero-order valence-corrected chi connectivity index (χ0v) is 13.3. The van der Waals surface area contributed by atoms with Crippen molar-refractivity contribution in [1.29, 1.82) is 0 Å². The van der Waals surface area contributed by atoms with Gasteiger partial charge in [-0.15, -0.1) is 0 Å². The van der Waals surface area contributed by atoms with Crippen molar-refractivity contribution in [3.63, 3.8) is 0 Å². The Bertz CT molecular complexity index is 615. The lowest BCUT2D eigenvalue weighted by atomic mass is 9.94. The molecule has 2 N–H and O–H groups in total. The van der Waals surface area contributed by atoms with Gasteiger partial charge in [-0.25, -0.2) is 0 Å². The maximum absolute atomic E-state index is 6.24. The Morgan fingerprint density at radius 1 is 1.05 bits per heavy atom. The maximum Gasteiger partial charge on any atom is 0.126 e. The highest BCUT2D eigenvalue weighted by atomic mass is 79.9. The third kappa shape index (κ3) is 2.57. The van der Waals surface area contributed by atoms with Gasteiger partial charge in [0.2, 0.25) is 0 Å². The fourth-order valence-corrected chi connectivity index (χ4v) is 3.01. The molecule has 0 fully saturated rings. The van der Waals surface area contributed by atoms with Crippen LogP contribution in [-0.2, 0) is 0 Å².